The van der Waals surface area contributed by atoms with Crippen molar-refractivity contribution in [3.63, 3.8) is 0 Å². The van der Waals surface area contributed by atoms with Gasteiger partial charge < -0.3 is 43.8 Å². The highest BCUT2D eigenvalue weighted by Gasteiger charge is 0.358. The molecule has 0 aromatic carbocycles. The molecule has 232 valence electrons. The first-order valence-corrected chi connectivity index (χ1v) is 0. The average Bonchev–Trinajstić information content (AvgIpc) is 0. The normalized spacial score (nSPS) is 0. The van der Waals surface area contributed by atoms with Crippen molar-refractivity contribution in [1.29, 1.82) is 0 Å². The molecule has 0 rings (SSSR count). The van der Waals surface area contributed by atoms with Gasteiger partial charge >= 0.3 is 968 Å². The molecule has 0 fully saturated rings. The second kappa shape index (κ2) is 508. The van der Waals surface area contributed by atoms with Crippen LogP contribution in [0.25, 0.3) is 0 Å². The fourth-order valence-electron chi connectivity index (χ4n) is 0. The molecule has 0 saturated carbocycles. The summed E-state index contributed by atoms with van der Waals surface area (Å²) in [5.74, 6) is 0. The molecule has 50 heteroatoms. The van der Waals surface area contributed by atoms with Crippen LogP contribution in [0.15, 0.2) is 0 Å². The molecule has 0 radical (unpaired) electrons. The molecule has 0 aliphatic carbocycles. The molecule has 16 N–H and O–H groups in total. The molecule has 0 bridgehead atoms. The Balaban J connectivity index is 0. The summed E-state index contributed by atoms with van der Waals surface area (Å²) >= 11 is 0. The zero-order valence-electron chi connectivity index (χ0n) is 4.00. The monoisotopic (exact) mass is 1240 g/mol. The largest absolute Gasteiger partial charge is 0.412 e. The maximum atomic E-state index is 0. The van der Waals surface area contributed by atoms with Crippen LogP contribution in [0.2, 0.25) is 0 Å². The summed E-state index contributed by atoms with van der Waals surface area (Å²) in [5.41, 5.74) is 0. The minimum absolute atomic E-state index is 0. The Labute approximate surface area is 981 Å². The van der Waals surface area contributed by atoms with Crippen LogP contribution in [0.4, 0.5) is 0 Å². The van der Waals surface area contributed by atoms with Crippen LogP contribution in [-0.2, 0) is 0 Å². The molecule has 0 amide bonds. The minimum atomic E-state index is 0. The predicted octanol–water partition coefficient (Wildman–Crippen LogP) is -45.1. The van der Waals surface area contributed by atoms with Crippen molar-refractivity contribution in [3.8, 4) is 0 Å². The van der Waals surface area contributed by atoms with E-state index in [0.717, 1.165) is 0 Å². The van der Waals surface area contributed by atoms with E-state index in [4.69, 9.17) is 0 Å². The Kier molecular flexibility index (Phi) is 5360. The first kappa shape index (κ1) is 527. The van der Waals surface area contributed by atoms with Crippen molar-refractivity contribution in [2.24, 2.45) is 0 Å². The quantitative estimate of drug-likeness (QED) is 0.205. The summed E-state index contributed by atoms with van der Waals surface area (Å²) in [6.45, 7) is 0. The lowest BCUT2D eigenvalue weighted by Gasteiger charge is -0.413. The van der Waals surface area contributed by atoms with Gasteiger partial charge in [0.25, 0.3) is 0 Å². The third-order valence-corrected chi connectivity index (χ3v) is 0. The van der Waals surface area contributed by atoms with E-state index < -0.39 is 0 Å². The van der Waals surface area contributed by atoms with Crippen LogP contribution < -0.4 is 0 Å². The van der Waals surface area contributed by atoms with Gasteiger partial charge in [0.05, 0.1) is 0 Å². The van der Waals surface area contributed by atoms with Crippen LogP contribution in [0.3, 0.4) is 0 Å². The maximum absolute atomic E-state index is 0. The van der Waals surface area contributed by atoms with Crippen molar-refractivity contribution < 1.29 is 43.8 Å². The molecule has 0 aliphatic heterocycles. The zero-order chi connectivity index (χ0) is 0. The molecule has 0 saturated heterocycles. The van der Waals surface area contributed by atoms with Crippen LogP contribution in [0, 0.1) is 0 Å². The van der Waals surface area contributed by atoms with Crippen LogP contribution >= 0.6 is 0 Å². The fraction of sp³-hybridized carbons (Fsp3) is 0. The van der Waals surface area contributed by atoms with Crippen LogP contribution in [-0.4, -0.2) is 1010 Å². The van der Waals surface area contributed by atoms with Crippen LogP contribution in [0.5, 0.6) is 0 Å². The van der Waals surface area contributed by atoms with Crippen molar-refractivity contribution in [2.45, 2.75) is 0 Å². The fourth-order valence-corrected chi connectivity index (χ4v) is 0. The SMILES string of the molecule is O.O.O.O.O.O.O.O.[MgH2].[MgH2].[MgH2].[MgH2].[MgH2].[MgH2].[MgH2].[MgH2].[MgH2].[MgH2].[MgH2].[MgH2].[MgH2].[MgH2].[MgH2].[MgH2].[MgH2].[MgH2].[MgH2].[MgH2].[MgH2].[MgH2].[MgH2].[MgH2].[MgH2].[MgH2].[MgH2].[MgH2].[MgH2].[MgH2].[MgH2].[MgH2].[MgH2].[MgH2].[MgH2].[MgH2].[MgH2].[MgH2].[MgH2].[MgH2].[MgH2].[MgH2]. The lowest BCUT2D eigenvalue weighted by Crippen LogP contribution is -0.382. The van der Waals surface area contributed by atoms with Gasteiger partial charge in [-0.05, 0) is 0 Å². The number of rotatable bonds is 0. The van der Waals surface area contributed by atoms with E-state index in [-0.39, 0.29) is 1010 Å². The first-order chi connectivity index (χ1) is 0. The summed E-state index contributed by atoms with van der Waals surface area (Å²) in [4.78, 5) is 0. The maximum Gasteiger partial charge on any atom is 0.316 e. The standard InChI is InChI=1S/42Mg.8H2O.84H/h;;;;;;;;;;;;;;;;;;;;;;;;;;;;;;;;;;;;;;;;;;8*1H2;;;;;;;;;;;;;;;;;;;;;;;;;;;;;;;;;;;;;;;;;;;;;;;;;;;;;;;;;;;;;;;;;;;;;;;;;;;;;;;;;;;;. The molecule has 0 unspecified atom stereocenters. The lowest BCUT2D eigenvalue weighted by atomic mass is 16.0. The van der Waals surface area contributed by atoms with Gasteiger partial charge in [-0.25, -0.2) is 0 Å². The first-order valence-electron chi connectivity index (χ1n) is 0. The third kappa shape index (κ3) is 489. The second-order valence-corrected chi connectivity index (χ2v) is 0. The summed E-state index contributed by atoms with van der Waals surface area (Å²) in [7, 11) is 0. The molecule has 50 heavy (non-hydrogen) atoms. The van der Waals surface area contributed by atoms with Crippen molar-refractivity contribution in [1.82, 2.24) is 0 Å². The van der Waals surface area contributed by atoms with E-state index in [1.165, 1.54) is 0 Å². The summed E-state index contributed by atoms with van der Waals surface area (Å²) in [5, 5.41) is 0. The van der Waals surface area contributed by atoms with Crippen LogP contribution in [0.1, 0.15) is 0 Å². The van der Waals surface area contributed by atoms with Gasteiger partial charge in [0.2, 0.25) is 0 Å². The van der Waals surface area contributed by atoms with Gasteiger partial charge in [0.15, 0.2) is 0 Å². The van der Waals surface area contributed by atoms with Gasteiger partial charge in [-0.15, -0.1) is 0 Å². The van der Waals surface area contributed by atoms with Crippen molar-refractivity contribution in [2.75, 3.05) is 0 Å². The van der Waals surface area contributed by atoms with E-state index in [2.05, 4.69) is 0 Å². The van der Waals surface area contributed by atoms with Gasteiger partial charge in [0, 0.05) is 0 Å². The molecule has 0 heterocycles. The molecular formula is H100Mg42O8. The molecule has 0 atom stereocenters. The number of hydrogen-bond acceptors (Lipinski definition) is 0. The topological polar surface area (TPSA) is 252 Å². The molecule has 8 nitrogen and oxygen atoms in total. The number of hydrogen-bond donors (Lipinski definition) is 0. The zero-order valence-corrected chi connectivity index (χ0v) is 4.00. The Hall–Kier alpha value is 31.9. The van der Waals surface area contributed by atoms with Gasteiger partial charge in [0.1, 0.15) is 0 Å². The van der Waals surface area contributed by atoms with Crippen molar-refractivity contribution >= 4 is 968 Å². The summed E-state index contributed by atoms with van der Waals surface area (Å²) in [6.07, 6.45) is 0. The molecule has 0 aromatic heterocycles. The van der Waals surface area contributed by atoms with Gasteiger partial charge in [-0.3, -0.25) is 0 Å². The molecule has 0 spiro atoms. The molecule has 0 aromatic rings. The summed E-state index contributed by atoms with van der Waals surface area (Å²) in [6, 6.07) is 0. The molecule has 0 aliphatic rings. The highest BCUT2D eigenvalue weighted by atomic mass is 24.3. The smallest absolute Gasteiger partial charge is 0.316 e. The van der Waals surface area contributed by atoms with E-state index in [9.17, 15) is 0 Å². The van der Waals surface area contributed by atoms with E-state index in [1.54, 1.807) is 0 Å². The van der Waals surface area contributed by atoms with E-state index in [1.807, 2.05) is 0 Å². The highest BCUT2D eigenvalue weighted by Crippen LogP contribution is -0.277. The van der Waals surface area contributed by atoms with E-state index >= 15 is 0 Å². The Morgan fingerprint density at radius 2 is 0.0400 bits per heavy atom. The Morgan fingerprint density at radius 3 is 0.0400 bits per heavy atom. The third-order valence-electron chi connectivity index (χ3n) is 0. The van der Waals surface area contributed by atoms with Crippen molar-refractivity contribution in [3.05, 3.63) is 0 Å². The van der Waals surface area contributed by atoms with E-state index in [0.29, 0.717) is 0 Å². The lowest BCUT2D eigenvalue weighted by molar-refractivity contribution is 0.823. The summed E-state index contributed by atoms with van der Waals surface area (Å²) < 4.78 is 0. The Bertz CT molecular complexity index is 31.7. The van der Waals surface area contributed by atoms with Gasteiger partial charge in [-0.2, -0.15) is 0 Å². The highest BCUT2D eigenvalue weighted by molar-refractivity contribution is 5.80. The predicted molar refractivity (Wildman–Crippen MR) is 388 cm³/mol. The molecular weight excluding hydrogens is 1150 g/mol. The minimum Gasteiger partial charge on any atom is -0.412 e. The van der Waals surface area contributed by atoms with Gasteiger partial charge in [-0.1, -0.05) is 0 Å². The average molecular weight is 1250 g/mol. The Morgan fingerprint density at radius 1 is 0.0400 bits per heavy atom. The second-order valence-electron chi connectivity index (χ2n) is 0.